The number of benzene rings is 3. The molecule has 0 saturated carbocycles. The highest BCUT2D eigenvalue weighted by atomic mass is 35.5. The second-order valence-electron chi connectivity index (χ2n) is 8.69. The number of methoxy groups -OCH3 is 3. The van der Waals surface area contributed by atoms with Crippen molar-refractivity contribution in [3.05, 3.63) is 65.7 Å². The molecular formula is C28H34Cl2N2O4. The lowest BCUT2D eigenvalue weighted by molar-refractivity contribution is 0.259. The Labute approximate surface area is 225 Å². The van der Waals surface area contributed by atoms with Crippen LogP contribution in [-0.4, -0.2) is 59.0 Å². The maximum absolute atomic E-state index is 6.14. The molecule has 0 unspecified atom stereocenters. The van der Waals surface area contributed by atoms with Crippen LogP contribution in [0.3, 0.4) is 0 Å². The number of rotatable bonds is 7. The first-order chi connectivity index (χ1) is 16.7. The third kappa shape index (κ3) is 5.46. The molecule has 2 heterocycles. The van der Waals surface area contributed by atoms with E-state index in [-0.39, 0.29) is 24.8 Å². The van der Waals surface area contributed by atoms with Gasteiger partial charge in [0.25, 0.3) is 0 Å². The van der Waals surface area contributed by atoms with Gasteiger partial charge in [0.2, 0.25) is 0 Å². The number of nitrogens with zero attached hydrogens (tertiary/aromatic N) is 2. The molecule has 1 saturated heterocycles. The van der Waals surface area contributed by atoms with Gasteiger partial charge in [0.05, 0.1) is 27.0 Å². The van der Waals surface area contributed by atoms with Gasteiger partial charge in [-0.3, -0.25) is 4.90 Å². The third-order valence-corrected chi connectivity index (χ3v) is 6.88. The van der Waals surface area contributed by atoms with E-state index in [0.717, 1.165) is 67.8 Å². The van der Waals surface area contributed by atoms with Gasteiger partial charge in [-0.1, -0.05) is 30.3 Å². The molecule has 2 aliphatic rings. The maximum atomic E-state index is 6.14. The summed E-state index contributed by atoms with van der Waals surface area (Å²) in [6, 6.07) is 18.7. The summed E-state index contributed by atoms with van der Waals surface area (Å²) in [4.78, 5) is 4.92. The Morgan fingerprint density at radius 3 is 2.25 bits per heavy atom. The molecule has 194 valence electrons. The minimum Gasteiger partial charge on any atom is -0.497 e. The lowest BCUT2D eigenvalue weighted by Crippen LogP contribution is -2.47. The molecule has 0 radical (unpaired) electrons. The van der Waals surface area contributed by atoms with E-state index in [4.69, 9.17) is 18.9 Å². The second kappa shape index (κ2) is 12.4. The zero-order valence-corrected chi connectivity index (χ0v) is 22.6. The number of fused-ring (bicyclic) bond motifs is 3. The van der Waals surface area contributed by atoms with Crippen LogP contribution in [-0.2, 0) is 13.0 Å². The van der Waals surface area contributed by atoms with Crippen molar-refractivity contribution < 1.29 is 18.9 Å². The van der Waals surface area contributed by atoms with Gasteiger partial charge in [-0.2, -0.15) is 0 Å². The second-order valence-corrected chi connectivity index (χ2v) is 8.69. The molecule has 0 amide bonds. The summed E-state index contributed by atoms with van der Waals surface area (Å²) in [7, 11) is 5.12. The smallest absolute Gasteiger partial charge is 0.169 e. The zero-order chi connectivity index (χ0) is 23.5. The fourth-order valence-corrected chi connectivity index (χ4v) is 4.99. The Morgan fingerprint density at radius 1 is 0.806 bits per heavy atom. The van der Waals surface area contributed by atoms with Crippen molar-refractivity contribution >= 4 is 30.5 Å². The standard InChI is InChI=1S/C28H32N2O4.2ClH/c1-31-22-9-11-25(32-2)24(18-22)30-16-14-29(15-17-30)13-12-20-8-10-26(33-3)28-27(20)23-7-5-4-6-21(23)19-34-28;;/h4-11,18H,12-17,19H2,1-3H3;2*1H. The lowest BCUT2D eigenvalue weighted by atomic mass is 9.91. The number of piperazine rings is 1. The van der Waals surface area contributed by atoms with E-state index in [9.17, 15) is 0 Å². The van der Waals surface area contributed by atoms with Crippen molar-refractivity contribution in [1.82, 2.24) is 4.90 Å². The Bertz CT molecular complexity index is 1170. The number of anilines is 1. The monoisotopic (exact) mass is 532 g/mol. The topological polar surface area (TPSA) is 43.4 Å². The largest absolute Gasteiger partial charge is 0.497 e. The van der Waals surface area contributed by atoms with Gasteiger partial charge in [0.1, 0.15) is 18.1 Å². The number of hydrogen-bond donors (Lipinski definition) is 0. The highest BCUT2D eigenvalue weighted by Crippen LogP contribution is 2.45. The lowest BCUT2D eigenvalue weighted by Gasteiger charge is -2.37. The average Bonchev–Trinajstić information content (AvgIpc) is 2.91. The van der Waals surface area contributed by atoms with Crippen LogP contribution >= 0.6 is 24.8 Å². The number of hydrogen-bond acceptors (Lipinski definition) is 6. The molecule has 6 nitrogen and oxygen atoms in total. The van der Waals surface area contributed by atoms with Gasteiger partial charge in [-0.05, 0) is 41.3 Å². The van der Waals surface area contributed by atoms with Crippen molar-refractivity contribution in [1.29, 1.82) is 0 Å². The van der Waals surface area contributed by atoms with Crippen molar-refractivity contribution in [2.24, 2.45) is 0 Å². The normalized spacial score (nSPS) is 14.4. The Hall–Kier alpha value is -2.80. The van der Waals surface area contributed by atoms with Gasteiger partial charge in [-0.25, -0.2) is 0 Å². The number of halogens is 2. The summed E-state index contributed by atoms with van der Waals surface area (Å²) in [6.07, 6.45) is 0.965. The van der Waals surface area contributed by atoms with E-state index < -0.39 is 0 Å². The predicted octanol–water partition coefficient (Wildman–Crippen LogP) is 5.48. The van der Waals surface area contributed by atoms with Gasteiger partial charge in [-0.15, -0.1) is 24.8 Å². The summed E-state index contributed by atoms with van der Waals surface area (Å²) in [5, 5.41) is 0. The number of ether oxygens (including phenoxy) is 4. The van der Waals surface area contributed by atoms with Crippen molar-refractivity contribution in [3.63, 3.8) is 0 Å². The summed E-state index contributed by atoms with van der Waals surface area (Å²) >= 11 is 0. The Kier molecular flexibility index (Phi) is 9.60. The van der Waals surface area contributed by atoms with Crippen LogP contribution in [0.15, 0.2) is 54.6 Å². The molecule has 0 aliphatic carbocycles. The first-order valence-electron chi connectivity index (χ1n) is 11.8. The fraction of sp³-hybridized carbons (Fsp3) is 0.357. The van der Waals surface area contributed by atoms with Crippen LogP contribution in [0.5, 0.6) is 23.0 Å². The van der Waals surface area contributed by atoms with E-state index in [2.05, 4.69) is 46.2 Å². The SMILES string of the molecule is COc1ccc(OC)c(N2CCN(CCc3ccc(OC)c4c3-c3ccccc3CO4)CC2)c1.Cl.Cl. The van der Waals surface area contributed by atoms with Crippen molar-refractivity contribution in [3.8, 4) is 34.1 Å². The van der Waals surface area contributed by atoms with Crippen LogP contribution in [0, 0.1) is 0 Å². The first-order valence-corrected chi connectivity index (χ1v) is 11.8. The minimum absolute atomic E-state index is 0. The quantitative estimate of drug-likeness (QED) is 0.401. The van der Waals surface area contributed by atoms with Gasteiger partial charge < -0.3 is 23.8 Å². The van der Waals surface area contributed by atoms with E-state index in [1.54, 1.807) is 21.3 Å². The van der Waals surface area contributed by atoms with E-state index in [1.165, 1.54) is 22.3 Å². The van der Waals surface area contributed by atoms with E-state index >= 15 is 0 Å². The van der Waals surface area contributed by atoms with E-state index in [0.29, 0.717) is 6.61 Å². The van der Waals surface area contributed by atoms with Crippen LogP contribution in [0.4, 0.5) is 5.69 Å². The van der Waals surface area contributed by atoms with Crippen LogP contribution < -0.4 is 23.8 Å². The van der Waals surface area contributed by atoms with Gasteiger partial charge in [0.15, 0.2) is 11.5 Å². The molecule has 0 bridgehead atoms. The van der Waals surface area contributed by atoms with Gasteiger partial charge >= 0.3 is 0 Å². The molecule has 2 aliphatic heterocycles. The highest BCUT2D eigenvalue weighted by molar-refractivity contribution is 5.85. The summed E-state index contributed by atoms with van der Waals surface area (Å²) in [5.74, 6) is 3.41. The molecule has 0 spiro atoms. The maximum Gasteiger partial charge on any atom is 0.169 e. The summed E-state index contributed by atoms with van der Waals surface area (Å²) < 4.78 is 22.8. The fourth-order valence-electron chi connectivity index (χ4n) is 4.99. The van der Waals surface area contributed by atoms with Crippen LogP contribution in [0.2, 0.25) is 0 Å². The molecule has 3 aromatic rings. The molecule has 8 heteroatoms. The molecule has 0 N–H and O–H groups in total. The van der Waals surface area contributed by atoms with Gasteiger partial charge in [0, 0.05) is 44.4 Å². The average molecular weight is 533 g/mol. The van der Waals surface area contributed by atoms with Crippen LogP contribution in [0.1, 0.15) is 11.1 Å². The van der Waals surface area contributed by atoms with E-state index in [1.807, 2.05) is 18.2 Å². The Morgan fingerprint density at radius 2 is 1.53 bits per heavy atom. The molecule has 5 rings (SSSR count). The molecule has 3 aromatic carbocycles. The Balaban J connectivity index is 0.00000180. The molecule has 36 heavy (non-hydrogen) atoms. The zero-order valence-electron chi connectivity index (χ0n) is 21.0. The molecule has 0 aromatic heterocycles. The molecule has 0 atom stereocenters. The predicted molar refractivity (Wildman–Crippen MR) is 149 cm³/mol. The molecule has 1 fully saturated rings. The molecular weight excluding hydrogens is 499 g/mol. The van der Waals surface area contributed by atoms with Crippen molar-refractivity contribution in [2.45, 2.75) is 13.0 Å². The first kappa shape index (κ1) is 27.8. The minimum atomic E-state index is 0. The summed E-state index contributed by atoms with van der Waals surface area (Å²) in [6.45, 7) is 5.51. The van der Waals surface area contributed by atoms with Crippen molar-refractivity contribution in [2.75, 3.05) is 59.0 Å². The third-order valence-electron chi connectivity index (χ3n) is 6.88. The van der Waals surface area contributed by atoms with Crippen LogP contribution in [0.25, 0.3) is 11.1 Å². The highest BCUT2D eigenvalue weighted by Gasteiger charge is 2.25. The summed E-state index contributed by atoms with van der Waals surface area (Å²) in [5.41, 5.74) is 6.07.